The lowest BCUT2D eigenvalue weighted by Gasteiger charge is -2.37. The smallest absolute Gasteiger partial charge is 0.389 e. The maximum Gasteiger partial charge on any atom is 0.413 e. The zero-order valence-corrected chi connectivity index (χ0v) is 24.9. The standard InChI is InChI=1S/C26H23ClN2O11S2/c1-25(2)15(28-17(33)13(31)19(28)41-25)22(36)39-24(38-21(35)11-8-6-5-7-10(11)9-12(27)30)40-23(37)16-26(3,4)42-20-14(32)18(34)29(16)20/h5-8,15-16,19-20,24H,9H2,1-4H3/t15-,16-,19+,20+/m0/s1. The van der Waals surface area contributed by atoms with Gasteiger partial charge in [0.25, 0.3) is 23.4 Å². The van der Waals surface area contributed by atoms with Crippen LogP contribution in [0.15, 0.2) is 24.3 Å². The van der Waals surface area contributed by atoms with Crippen LogP contribution in [0.5, 0.6) is 0 Å². The molecule has 2 amide bonds. The van der Waals surface area contributed by atoms with E-state index in [1.165, 1.54) is 18.2 Å². The third-order valence-corrected chi connectivity index (χ3v) is 10.3. The zero-order valence-electron chi connectivity index (χ0n) is 22.5. The van der Waals surface area contributed by atoms with Crippen molar-refractivity contribution in [2.75, 3.05) is 0 Å². The quantitative estimate of drug-likeness (QED) is 0.129. The number of esters is 3. The topological polar surface area (TPSA) is 171 Å². The van der Waals surface area contributed by atoms with Gasteiger partial charge in [-0.05, 0) is 50.9 Å². The number of nitrogens with zero attached hydrogens (tertiary/aromatic N) is 2. The summed E-state index contributed by atoms with van der Waals surface area (Å²) in [4.78, 5) is 102. The summed E-state index contributed by atoms with van der Waals surface area (Å²) in [6, 6.07) is 3.19. The summed E-state index contributed by atoms with van der Waals surface area (Å²) in [7, 11) is 0. The Morgan fingerprint density at radius 3 is 1.71 bits per heavy atom. The van der Waals surface area contributed by atoms with Crippen LogP contribution in [0.25, 0.3) is 0 Å². The Balaban J connectivity index is 1.41. The summed E-state index contributed by atoms with van der Waals surface area (Å²) in [5.41, 5.74) is 0.0462. The van der Waals surface area contributed by atoms with E-state index >= 15 is 0 Å². The van der Waals surface area contributed by atoms with Crippen molar-refractivity contribution in [1.29, 1.82) is 0 Å². The molecule has 0 saturated carbocycles. The molecule has 42 heavy (non-hydrogen) atoms. The van der Waals surface area contributed by atoms with Crippen LogP contribution in [0, 0.1) is 0 Å². The van der Waals surface area contributed by atoms with Crippen LogP contribution >= 0.6 is 35.1 Å². The van der Waals surface area contributed by atoms with Gasteiger partial charge in [0.05, 0.1) is 5.56 Å². The summed E-state index contributed by atoms with van der Waals surface area (Å²) in [5, 5.41) is -2.55. The molecule has 0 N–H and O–H groups in total. The second kappa shape index (κ2) is 10.4. The molecule has 1 aromatic carbocycles. The molecule has 5 rings (SSSR count). The molecule has 4 aliphatic rings. The van der Waals surface area contributed by atoms with E-state index in [1.807, 2.05) is 0 Å². The van der Waals surface area contributed by atoms with Gasteiger partial charge in [-0.2, -0.15) is 0 Å². The van der Waals surface area contributed by atoms with Crippen LogP contribution in [-0.4, -0.2) is 95.1 Å². The molecule has 4 atom stereocenters. The molecule has 1 aromatic rings. The molecule has 16 heteroatoms. The first-order chi connectivity index (χ1) is 19.5. The van der Waals surface area contributed by atoms with Gasteiger partial charge in [-0.25, -0.2) is 14.4 Å². The lowest BCUT2D eigenvalue weighted by Crippen LogP contribution is -2.64. The van der Waals surface area contributed by atoms with Crippen molar-refractivity contribution >= 4 is 81.7 Å². The van der Waals surface area contributed by atoms with Crippen LogP contribution in [0.2, 0.25) is 0 Å². The van der Waals surface area contributed by atoms with E-state index in [4.69, 9.17) is 25.8 Å². The van der Waals surface area contributed by atoms with E-state index in [-0.39, 0.29) is 17.5 Å². The van der Waals surface area contributed by atoms with Crippen molar-refractivity contribution in [3.05, 3.63) is 35.4 Å². The minimum absolute atomic E-state index is 0.135. The molecule has 0 bridgehead atoms. The van der Waals surface area contributed by atoms with Crippen molar-refractivity contribution in [2.45, 2.75) is 72.9 Å². The minimum atomic E-state index is -2.31. The van der Waals surface area contributed by atoms with Crippen molar-refractivity contribution < 1.29 is 52.6 Å². The number of carbonyl (C=O) groups is 8. The van der Waals surface area contributed by atoms with Gasteiger partial charge in [-0.15, -0.1) is 23.5 Å². The maximum atomic E-state index is 13.4. The first-order valence-electron chi connectivity index (χ1n) is 12.5. The van der Waals surface area contributed by atoms with Gasteiger partial charge in [0, 0.05) is 15.9 Å². The third kappa shape index (κ3) is 4.86. The average molecular weight is 639 g/mol. The summed E-state index contributed by atoms with van der Waals surface area (Å²) in [6.45, 7) is 4.13. The van der Waals surface area contributed by atoms with Crippen LogP contribution in [-0.2, 0) is 54.2 Å². The van der Waals surface area contributed by atoms with Gasteiger partial charge < -0.3 is 24.0 Å². The summed E-state index contributed by atoms with van der Waals surface area (Å²) in [5.74, 6) is -6.52. The molecule has 4 heterocycles. The van der Waals surface area contributed by atoms with Crippen molar-refractivity contribution in [3.8, 4) is 0 Å². The maximum absolute atomic E-state index is 13.4. The Morgan fingerprint density at radius 1 is 0.810 bits per heavy atom. The number of fused-ring (bicyclic) bond motifs is 2. The molecule has 0 radical (unpaired) electrons. The number of hydrogen-bond donors (Lipinski definition) is 0. The molecule has 4 saturated heterocycles. The number of Topliss-reactive ketones (excluding diaryl/α,β-unsaturated/α-hetero) is 2. The highest BCUT2D eigenvalue weighted by Crippen LogP contribution is 2.51. The van der Waals surface area contributed by atoms with Crippen LogP contribution in [0.1, 0.15) is 43.6 Å². The van der Waals surface area contributed by atoms with E-state index in [0.29, 0.717) is 0 Å². The van der Waals surface area contributed by atoms with Gasteiger partial charge in [0.1, 0.15) is 22.8 Å². The van der Waals surface area contributed by atoms with E-state index < -0.39 is 85.3 Å². The molecule has 13 nitrogen and oxygen atoms in total. The fourth-order valence-electron chi connectivity index (χ4n) is 5.26. The Kier molecular flexibility index (Phi) is 7.43. The number of hydrogen-bond acceptors (Lipinski definition) is 13. The Labute approximate surface area is 251 Å². The largest absolute Gasteiger partial charge is 0.413 e. The highest BCUT2D eigenvalue weighted by atomic mass is 35.5. The van der Waals surface area contributed by atoms with E-state index in [0.717, 1.165) is 33.3 Å². The van der Waals surface area contributed by atoms with Crippen LogP contribution in [0.3, 0.4) is 0 Å². The lowest BCUT2D eigenvalue weighted by atomic mass is 9.98. The summed E-state index contributed by atoms with van der Waals surface area (Å²) >= 11 is 7.63. The SMILES string of the molecule is CC1(C)S[C@@H]2C(=O)C(=O)N2[C@H]1C(=O)OC(OC(=O)c1ccccc1CC(=O)Cl)OC(=O)[C@@H]1N2C(=O)C(=O)[C@H]2SC1(C)C. The first-order valence-corrected chi connectivity index (χ1v) is 14.7. The minimum Gasteiger partial charge on any atom is -0.389 e. The summed E-state index contributed by atoms with van der Waals surface area (Å²) < 4.78 is 13.9. The molecule has 0 unspecified atom stereocenters. The van der Waals surface area contributed by atoms with Gasteiger partial charge in [-0.3, -0.25) is 24.0 Å². The van der Waals surface area contributed by atoms with Crippen LogP contribution < -0.4 is 0 Å². The van der Waals surface area contributed by atoms with Crippen molar-refractivity contribution in [1.82, 2.24) is 9.80 Å². The zero-order chi connectivity index (χ0) is 30.9. The number of β-lactam (4-membered cyclic amide) rings is 2. The number of halogens is 1. The van der Waals surface area contributed by atoms with E-state index in [1.54, 1.807) is 33.8 Å². The number of rotatable bonds is 8. The van der Waals surface area contributed by atoms with Gasteiger partial charge in [-0.1, -0.05) is 18.2 Å². The van der Waals surface area contributed by atoms with E-state index in [9.17, 15) is 38.4 Å². The highest BCUT2D eigenvalue weighted by Gasteiger charge is 2.66. The lowest BCUT2D eigenvalue weighted by molar-refractivity contribution is -0.251. The predicted molar refractivity (Wildman–Crippen MR) is 145 cm³/mol. The number of amides is 2. The van der Waals surface area contributed by atoms with Crippen LogP contribution in [0.4, 0.5) is 0 Å². The Morgan fingerprint density at radius 2 is 1.26 bits per heavy atom. The summed E-state index contributed by atoms with van der Waals surface area (Å²) in [6.07, 6.45) is -0.336. The third-order valence-electron chi connectivity index (χ3n) is 7.19. The normalized spacial score (nSPS) is 26.7. The van der Waals surface area contributed by atoms with E-state index in [2.05, 4.69) is 0 Å². The van der Waals surface area contributed by atoms with Crippen molar-refractivity contribution in [2.24, 2.45) is 0 Å². The second-order valence-corrected chi connectivity index (χ2v) is 14.8. The molecule has 0 aliphatic carbocycles. The average Bonchev–Trinajstić information content (AvgIpc) is 3.33. The highest BCUT2D eigenvalue weighted by molar-refractivity contribution is 8.02. The molecule has 4 aliphatic heterocycles. The second-order valence-electron chi connectivity index (χ2n) is 10.9. The van der Waals surface area contributed by atoms with Gasteiger partial charge in [0.15, 0.2) is 0 Å². The monoisotopic (exact) mass is 638 g/mol. The number of carbonyl (C=O) groups excluding carboxylic acids is 8. The van der Waals surface area contributed by atoms with Crippen molar-refractivity contribution in [3.63, 3.8) is 0 Å². The first kappa shape index (κ1) is 30.0. The Hall–Kier alpha value is -3.43. The van der Waals surface area contributed by atoms with Gasteiger partial charge in [0.2, 0.25) is 5.24 Å². The number of benzene rings is 1. The predicted octanol–water partition coefficient (Wildman–Crippen LogP) is 0.784. The molecule has 222 valence electrons. The molecule has 0 spiro atoms. The number of ketones is 2. The molecular formula is C26H23ClN2O11S2. The fraction of sp³-hybridized carbons (Fsp3) is 0.462. The van der Waals surface area contributed by atoms with Gasteiger partial charge >= 0.3 is 24.4 Å². The Bertz CT molecular complexity index is 1410. The number of thioether (sulfide) groups is 2. The molecule has 0 aromatic heterocycles. The molecular weight excluding hydrogens is 616 g/mol. The number of ether oxygens (including phenoxy) is 3. The fourth-order valence-corrected chi connectivity index (χ4v) is 8.31. The molecule has 4 fully saturated rings.